The van der Waals surface area contributed by atoms with Gasteiger partial charge in [-0.25, -0.2) is 9.37 Å². The summed E-state index contributed by atoms with van der Waals surface area (Å²) < 4.78 is 19.5. The van der Waals surface area contributed by atoms with E-state index in [0.29, 0.717) is 18.0 Å². The molecule has 1 saturated heterocycles. The number of aromatic nitrogens is 1. The smallest absolute Gasteiger partial charge is 0.247 e. The van der Waals surface area contributed by atoms with Gasteiger partial charge in [0.2, 0.25) is 17.7 Å². The van der Waals surface area contributed by atoms with Crippen LogP contribution in [0.4, 0.5) is 10.2 Å². The Morgan fingerprint density at radius 2 is 1.81 bits per heavy atom. The summed E-state index contributed by atoms with van der Waals surface area (Å²) in [5, 5.41) is 5.78. The van der Waals surface area contributed by atoms with Gasteiger partial charge in [0.1, 0.15) is 17.7 Å². The average Bonchev–Trinajstić information content (AvgIpc) is 3.58. The van der Waals surface area contributed by atoms with Crippen LogP contribution in [0.25, 0.3) is 0 Å². The van der Waals surface area contributed by atoms with E-state index in [2.05, 4.69) is 15.6 Å². The molecule has 0 bridgehead atoms. The molecule has 2 aliphatic rings. The number of hydrogen-bond donors (Lipinski definition) is 2. The molecule has 1 aliphatic carbocycles. The Morgan fingerprint density at radius 1 is 1.03 bits per heavy atom. The lowest BCUT2D eigenvalue weighted by Gasteiger charge is -2.34. The number of nitrogens with one attached hydrogen (secondary N) is 2. The van der Waals surface area contributed by atoms with Crippen molar-refractivity contribution in [3.8, 4) is 0 Å². The van der Waals surface area contributed by atoms with E-state index in [1.54, 1.807) is 24.4 Å². The first-order valence-corrected chi connectivity index (χ1v) is 12.7. The number of benzene rings is 1. The van der Waals surface area contributed by atoms with Gasteiger partial charge in [-0.2, -0.15) is 0 Å². The fraction of sp³-hybridized carbons (Fsp3) is 0.481. The molecule has 2 N–H and O–H groups in total. The van der Waals surface area contributed by atoms with Crippen molar-refractivity contribution in [2.45, 2.75) is 69.6 Å². The van der Waals surface area contributed by atoms with E-state index in [1.165, 1.54) is 29.2 Å². The predicted molar refractivity (Wildman–Crippen MR) is 132 cm³/mol. The number of anilines is 1. The van der Waals surface area contributed by atoms with Gasteiger partial charge >= 0.3 is 0 Å². The molecule has 2 fully saturated rings. The SMILES string of the molecule is O=C(CCC(=O)N(C[C@@H]1CCCO1)[C@@H](C(=O)NC1CCCC1)c1ccc(F)cc1)Nc1ccccn1. The molecule has 36 heavy (non-hydrogen) atoms. The molecule has 0 spiro atoms. The number of carbonyl (C=O) groups is 3. The monoisotopic (exact) mass is 496 g/mol. The molecule has 4 rings (SSSR count). The Labute approximate surface area is 210 Å². The summed E-state index contributed by atoms with van der Waals surface area (Å²) >= 11 is 0. The van der Waals surface area contributed by atoms with Crippen LogP contribution >= 0.6 is 0 Å². The van der Waals surface area contributed by atoms with E-state index >= 15 is 0 Å². The van der Waals surface area contributed by atoms with Gasteiger partial charge in [-0.05, 0) is 55.5 Å². The zero-order valence-electron chi connectivity index (χ0n) is 20.3. The van der Waals surface area contributed by atoms with Crippen LogP contribution in [0, 0.1) is 5.82 Å². The first-order chi connectivity index (χ1) is 17.5. The Bertz CT molecular complexity index is 1020. The molecule has 0 radical (unpaired) electrons. The van der Waals surface area contributed by atoms with Crippen molar-refractivity contribution < 1.29 is 23.5 Å². The lowest BCUT2D eigenvalue weighted by Crippen LogP contribution is -2.48. The van der Waals surface area contributed by atoms with E-state index in [1.807, 2.05) is 0 Å². The maximum Gasteiger partial charge on any atom is 0.247 e. The molecule has 192 valence electrons. The molecule has 8 nitrogen and oxygen atoms in total. The third kappa shape index (κ3) is 7.10. The van der Waals surface area contributed by atoms with Crippen LogP contribution in [0.15, 0.2) is 48.7 Å². The van der Waals surface area contributed by atoms with Gasteiger partial charge in [-0.15, -0.1) is 0 Å². The van der Waals surface area contributed by atoms with Crippen molar-refractivity contribution in [3.05, 3.63) is 60.0 Å². The van der Waals surface area contributed by atoms with Crippen molar-refractivity contribution in [1.29, 1.82) is 0 Å². The molecule has 9 heteroatoms. The summed E-state index contributed by atoms with van der Waals surface area (Å²) in [5.41, 5.74) is 0.524. The standard InChI is InChI=1S/C27H33FN4O4/c28-20-12-10-19(11-13-20)26(27(35)30-21-6-1-2-7-21)32(18-22-8-5-17-36-22)25(34)15-14-24(33)31-23-9-3-4-16-29-23/h3-4,9-13,16,21-22,26H,1-2,5-8,14-15,17-18H2,(H,30,35)(H,29,31,33)/t22-,26+/m0/s1. The Hall–Kier alpha value is -3.33. The Balaban J connectivity index is 1.53. The lowest BCUT2D eigenvalue weighted by atomic mass is 10.0. The van der Waals surface area contributed by atoms with Crippen LogP contribution in [0.3, 0.4) is 0 Å². The predicted octanol–water partition coefficient (Wildman–Crippen LogP) is 3.75. The van der Waals surface area contributed by atoms with Crippen molar-refractivity contribution in [2.24, 2.45) is 0 Å². The quantitative estimate of drug-likeness (QED) is 0.522. The molecule has 2 aromatic rings. The summed E-state index contributed by atoms with van der Waals surface area (Å²) in [6.07, 6.45) is 6.80. The van der Waals surface area contributed by atoms with Crippen molar-refractivity contribution in [3.63, 3.8) is 0 Å². The molecule has 2 atom stereocenters. The second-order valence-electron chi connectivity index (χ2n) is 9.39. The second-order valence-corrected chi connectivity index (χ2v) is 9.39. The highest BCUT2D eigenvalue weighted by Gasteiger charge is 2.35. The third-order valence-corrected chi connectivity index (χ3v) is 6.69. The van der Waals surface area contributed by atoms with Gasteiger partial charge in [0, 0.05) is 38.2 Å². The van der Waals surface area contributed by atoms with Crippen molar-refractivity contribution >= 4 is 23.5 Å². The van der Waals surface area contributed by atoms with Crippen LogP contribution in [0.5, 0.6) is 0 Å². The van der Waals surface area contributed by atoms with Crippen LogP contribution in [0.2, 0.25) is 0 Å². The Morgan fingerprint density at radius 3 is 2.47 bits per heavy atom. The lowest BCUT2D eigenvalue weighted by molar-refractivity contribution is -0.143. The molecular weight excluding hydrogens is 463 g/mol. The summed E-state index contributed by atoms with van der Waals surface area (Å²) in [7, 11) is 0. The fourth-order valence-electron chi connectivity index (χ4n) is 4.83. The maximum atomic E-state index is 13.7. The topological polar surface area (TPSA) is 101 Å². The van der Waals surface area contributed by atoms with Crippen LogP contribution in [0.1, 0.15) is 63.0 Å². The molecule has 1 saturated carbocycles. The third-order valence-electron chi connectivity index (χ3n) is 6.69. The van der Waals surface area contributed by atoms with Gasteiger partial charge in [0.25, 0.3) is 0 Å². The minimum Gasteiger partial charge on any atom is -0.376 e. The van der Waals surface area contributed by atoms with Gasteiger partial charge in [-0.1, -0.05) is 31.0 Å². The number of halogens is 1. The molecule has 1 aromatic carbocycles. The van der Waals surface area contributed by atoms with Crippen molar-refractivity contribution in [1.82, 2.24) is 15.2 Å². The van der Waals surface area contributed by atoms with E-state index in [4.69, 9.17) is 4.74 Å². The van der Waals surface area contributed by atoms with Gasteiger partial charge in [0.05, 0.1) is 6.10 Å². The van der Waals surface area contributed by atoms with Gasteiger partial charge in [0.15, 0.2) is 0 Å². The highest BCUT2D eigenvalue weighted by Crippen LogP contribution is 2.27. The van der Waals surface area contributed by atoms with Crippen molar-refractivity contribution in [2.75, 3.05) is 18.5 Å². The minimum atomic E-state index is -0.943. The van der Waals surface area contributed by atoms with E-state index < -0.39 is 11.9 Å². The summed E-state index contributed by atoms with van der Waals surface area (Å²) in [4.78, 5) is 45.1. The van der Waals surface area contributed by atoms with E-state index in [9.17, 15) is 18.8 Å². The highest BCUT2D eigenvalue weighted by molar-refractivity contribution is 5.94. The first kappa shape index (κ1) is 25.8. The number of hydrogen-bond acceptors (Lipinski definition) is 5. The number of pyridine rings is 1. The highest BCUT2D eigenvalue weighted by atomic mass is 19.1. The van der Waals surface area contributed by atoms with Gasteiger partial charge in [-0.3, -0.25) is 14.4 Å². The average molecular weight is 497 g/mol. The summed E-state index contributed by atoms with van der Waals surface area (Å²) in [6.45, 7) is 0.829. The molecule has 2 heterocycles. The Kier molecular flexibility index (Phi) is 9.00. The number of nitrogens with zero attached hydrogens (tertiary/aromatic N) is 2. The zero-order chi connectivity index (χ0) is 25.3. The van der Waals surface area contributed by atoms with Gasteiger partial charge < -0.3 is 20.3 Å². The molecule has 3 amide bonds. The van der Waals surface area contributed by atoms with Crippen LogP contribution in [-0.2, 0) is 19.1 Å². The van der Waals surface area contributed by atoms with E-state index in [0.717, 1.165) is 38.5 Å². The second kappa shape index (κ2) is 12.6. The molecule has 1 aromatic heterocycles. The maximum absolute atomic E-state index is 13.7. The fourth-order valence-corrected chi connectivity index (χ4v) is 4.83. The normalized spacial score (nSPS) is 18.5. The summed E-state index contributed by atoms with van der Waals surface area (Å²) in [6, 6.07) is 9.95. The van der Waals surface area contributed by atoms with E-state index in [-0.39, 0.29) is 49.3 Å². The number of ether oxygens (including phenoxy) is 1. The van der Waals surface area contributed by atoms with Crippen LogP contribution < -0.4 is 10.6 Å². The minimum absolute atomic E-state index is 0.0577. The molecule has 0 unspecified atom stereocenters. The van der Waals surface area contributed by atoms with Crippen LogP contribution in [-0.4, -0.2) is 52.9 Å². The number of carbonyl (C=O) groups excluding carboxylic acids is 3. The largest absolute Gasteiger partial charge is 0.376 e. The summed E-state index contributed by atoms with van der Waals surface area (Å²) in [5.74, 6) is -0.980. The first-order valence-electron chi connectivity index (χ1n) is 12.7. The zero-order valence-corrected chi connectivity index (χ0v) is 20.3. The molecular formula is C27H33FN4O4. The molecule has 1 aliphatic heterocycles. The number of amides is 3. The number of rotatable bonds is 10.